The van der Waals surface area contributed by atoms with Crippen molar-refractivity contribution in [3.05, 3.63) is 34.9 Å². The van der Waals surface area contributed by atoms with Crippen LogP contribution in [0.1, 0.15) is 16.8 Å². The van der Waals surface area contributed by atoms with Crippen molar-refractivity contribution in [1.29, 1.82) is 0 Å². The third kappa shape index (κ3) is 5.52. The van der Waals surface area contributed by atoms with Crippen molar-refractivity contribution in [3.63, 3.8) is 0 Å². The molecular weight excluding hydrogens is 305 g/mol. The first kappa shape index (κ1) is 14.5. The van der Waals surface area contributed by atoms with E-state index in [0.29, 0.717) is 23.7 Å². The van der Waals surface area contributed by atoms with Crippen molar-refractivity contribution in [1.82, 2.24) is 5.32 Å². The molecule has 0 radical (unpaired) electrons. The number of carbonyl (C=O) groups is 1. The molecule has 1 atom stereocenters. The molecule has 0 bridgehead atoms. The van der Waals surface area contributed by atoms with E-state index in [4.69, 9.17) is 16.3 Å². The number of amides is 1. The Morgan fingerprint density at radius 2 is 2.12 bits per heavy atom. The fourth-order valence-corrected chi connectivity index (χ4v) is 1.93. The molecule has 0 heterocycles. The smallest absolute Gasteiger partial charge is 0.251 e. The van der Waals surface area contributed by atoms with Crippen LogP contribution in [0, 0.1) is 0 Å². The molecule has 0 aliphatic heterocycles. The maximum Gasteiger partial charge on any atom is 0.251 e. The van der Waals surface area contributed by atoms with Crippen LogP contribution in [0.3, 0.4) is 0 Å². The van der Waals surface area contributed by atoms with Crippen LogP contribution in [0.5, 0.6) is 0 Å². The van der Waals surface area contributed by atoms with Crippen LogP contribution in [0.15, 0.2) is 24.3 Å². The zero-order valence-corrected chi connectivity index (χ0v) is 11.9. The lowest BCUT2D eigenvalue weighted by molar-refractivity contribution is 0.0952. The van der Waals surface area contributed by atoms with Crippen LogP contribution in [-0.4, -0.2) is 31.0 Å². The Balaban J connectivity index is 2.32. The van der Waals surface area contributed by atoms with Crippen LogP contribution in [0.4, 0.5) is 0 Å². The number of benzene rings is 1. The molecule has 0 aliphatic carbocycles. The minimum absolute atomic E-state index is 0.0845. The van der Waals surface area contributed by atoms with Gasteiger partial charge in [0.1, 0.15) is 0 Å². The fraction of sp³-hybridized carbons (Fsp3) is 0.417. The van der Waals surface area contributed by atoms with Gasteiger partial charge in [0, 0.05) is 29.1 Å². The first-order chi connectivity index (χ1) is 8.13. The SMILES string of the molecule is COCC(Br)CCNC(=O)c1ccc(Cl)cc1. The van der Waals surface area contributed by atoms with Gasteiger partial charge in [-0.1, -0.05) is 27.5 Å². The van der Waals surface area contributed by atoms with Crippen LogP contribution in [0.2, 0.25) is 5.02 Å². The highest BCUT2D eigenvalue weighted by molar-refractivity contribution is 9.09. The Hall–Kier alpha value is -0.580. The third-order valence-electron chi connectivity index (χ3n) is 2.20. The summed E-state index contributed by atoms with van der Waals surface area (Å²) in [6.45, 7) is 1.25. The zero-order chi connectivity index (χ0) is 12.7. The van der Waals surface area contributed by atoms with Gasteiger partial charge in [-0.25, -0.2) is 0 Å². The molecule has 0 saturated carbocycles. The maximum absolute atomic E-state index is 11.7. The Bertz CT molecular complexity index is 356. The van der Waals surface area contributed by atoms with Gasteiger partial charge in [0.05, 0.1) is 6.61 Å². The van der Waals surface area contributed by atoms with Crippen LogP contribution in [0.25, 0.3) is 0 Å². The lowest BCUT2D eigenvalue weighted by atomic mass is 10.2. The Morgan fingerprint density at radius 3 is 2.71 bits per heavy atom. The van der Waals surface area contributed by atoms with Crippen molar-refractivity contribution < 1.29 is 9.53 Å². The second-order valence-corrected chi connectivity index (χ2v) is 5.34. The highest BCUT2D eigenvalue weighted by Crippen LogP contribution is 2.09. The summed E-state index contributed by atoms with van der Waals surface area (Å²) in [5.41, 5.74) is 0.618. The second kappa shape index (κ2) is 7.69. The van der Waals surface area contributed by atoms with Gasteiger partial charge in [0.15, 0.2) is 0 Å². The van der Waals surface area contributed by atoms with Crippen molar-refractivity contribution in [3.8, 4) is 0 Å². The summed E-state index contributed by atoms with van der Waals surface area (Å²) in [6.07, 6.45) is 0.827. The van der Waals surface area contributed by atoms with E-state index in [1.165, 1.54) is 0 Å². The van der Waals surface area contributed by atoms with Gasteiger partial charge in [-0.3, -0.25) is 4.79 Å². The summed E-state index contributed by atoms with van der Waals surface area (Å²) in [5, 5.41) is 3.47. The van der Waals surface area contributed by atoms with Crippen LogP contribution in [-0.2, 0) is 4.74 Å². The molecule has 94 valence electrons. The summed E-state index contributed by atoms with van der Waals surface area (Å²) in [7, 11) is 1.65. The normalized spacial score (nSPS) is 12.2. The Morgan fingerprint density at radius 1 is 1.47 bits per heavy atom. The van der Waals surface area contributed by atoms with E-state index in [-0.39, 0.29) is 10.7 Å². The third-order valence-corrected chi connectivity index (χ3v) is 3.17. The maximum atomic E-state index is 11.7. The minimum atomic E-state index is -0.0845. The number of ether oxygens (including phenoxy) is 1. The van der Waals surface area contributed by atoms with E-state index in [1.807, 2.05) is 0 Å². The lowest BCUT2D eigenvalue weighted by Gasteiger charge is -2.09. The fourth-order valence-electron chi connectivity index (χ4n) is 1.31. The van der Waals surface area contributed by atoms with E-state index in [9.17, 15) is 4.79 Å². The van der Waals surface area contributed by atoms with Gasteiger partial charge < -0.3 is 10.1 Å². The molecule has 1 rings (SSSR count). The zero-order valence-electron chi connectivity index (χ0n) is 9.58. The summed E-state index contributed by atoms with van der Waals surface area (Å²) >= 11 is 9.21. The molecule has 0 fully saturated rings. The molecule has 0 saturated heterocycles. The number of carbonyl (C=O) groups excluding carboxylic acids is 1. The standard InChI is InChI=1S/C12H15BrClNO2/c1-17-8-10(13)6-7-15-12(16)9-2-4-11(14)5-3-9/h2-5,10H,6-8H2,1H3,(H,15,16). The molecule has 3 nitrogen and oxygen atoms in total. The topological polar surface area (TPSA) is 38.3 Å². The number of alkyl halides is 1. The lowest BCUT2D eigenvalue weighted by Crippen LogP contribution is -2.26. The van der Waals surface area contributed by atoms with Crippen molar-refractivity contribution in [2.24, 2.45) is 0 Å². The van der Waals surface area contributed by atoms with E-state index < -0.39 is 0 Å². The highest BCUT2D eigenvalue weighted by atomic mass is 79.9. The van der Waals surface area contributed by atoms with E-state index in [0.717, 1.165) is 6.42 Å². The van der Waals surface area contributed by atoms with Crippen LogP contribution >= 0.6 is 27.5 Å². The molecule has 1 amide bonds. The van der Waals surface area contributed by atoms with Crippen LogP contribution < -0.4 is 5.32 Å². The van der Waals surface area contributed by atoms with Crippen molar-refractivity contribution in [2.45, 2.75) is 11.2 Å². The summed E-state index contributed by atoms with van der Waals surface area (Å²) < 4.78 is 4.98. The van der Waals surface area contributed by atoms with Gasteiger partial charge in [-0.2, -0.15) is 0 Å². The molecule has 0 aromatic heterocycles. The molecule has 1 N–H and O–H groups in total. The highest BCUT2D eigenvalue weighted by Gasteiger charge is 2.07. The molecule has 1 unspecified atom stereocenters. The predicted molar refractivity (Wildman–Crippen MR) is 73.0 cm³/mol. The van der Waals surface area contributed by atoms with E-state index in [2.05, 4.69) is 21.2 Å². The average Bonchev–Trinajstić information content (AvgIpc) is 2.30. The first-order valence-corrected chi connectivity index (χ1v) is 6.59. The Kier molecular flexibility index (Phi) is 6.55. The van der Waals surface area contributed by atoms with E-state index in [1.54, 1.807) is 31.4 Å². The molecule has 1 aromatic carbocycles. The van der Waals surface area contributed by atoms with Crippen molar-refractivity contribution >= 4 is 33.4 Å². The summed E-state index contributed by atoms with van der Waals surface area (Å²) in [4.78, 5) is 12.0. The number of nitrogens with one attached hydrogen (secondary N) is 1. The summed E-state index contributed by atoms with van der Waals surface area (Å²) in [5.74, 6) is -0.0845. The molecule has 0 aliphatic rings. The monoisotopic (exact) mass is 319 g/mol. The molecular formula is C12H15BrClNO2. The number of hydrogen-bond donors (Lipinski definition) is 1. The first-order valence-electron chi connectivity index (χ1n) is 5.30. The number of rotatable bonds is 6. The largest absolute Gasteiger partial charge is 0.384 e. The molecule has 17 heavy (non-hydrogen) atoms. The second-order valence-electron chi connectivity index (χ2n) is 3.60. The van der Waals surface area contributed by atoms with Gasteiger partial charge in [0.25, 0.3) is 5.91 Å². The van der Waals surface area contributed by atoms with Gasteiger partial charge >= 0.3 is 0 Å². The molecule has 1 aromatic rings. The minimum Gasteiger partial charge on any atom is -0.384 e. The van der Waals surface area contributed by atoms with Crippen molar-refractivity contribution in [2.75, 3.05) is 20.3 Å². The summed E-state index contributed by atoms with van der Waals surface area (Å²) in [6, 6.07) is 6.82. The predicted octanol–water partition coefficient (Wildman–Crippen LogP) is 2.87. The number of hydrogen-bond acceptors (Lipinski definition) is 2. The number of halogens is 2. The van der Waals surface area contributed by atoms with Gasteiger partial charge in [-0.05, 0) is 30.7 Å². The van der Waals surface area contributed by atoms with E-state index >= 15 is 0 Å². The van der Waals surface area contributed by atoms with Gasteiger partial charge in [0.2, 0.25) is 0 Å². The Labute approximate surface area is 115 Å². The van der Waals surface area contributed by atoms with Gasteiger partial charge in [-0.15, -0.1) is 0 Å². The molecule has 5 heteroatoms. The number of methoxy groups -OCH3 is 1. The quantitative estimate of drug-likeness (QED) is 0.819. The average molecular weight is 321 g/mol. The molecule has 0 spiro atoms.